The highest BCUT2D eigenvalue weighted by Crippen LogP contribution is 2.23. The smallest absolute Gasteiger partial charge is 0.246 e. The summed E-state index contributed by atoms with van der Waals surface area (Å²) in [5.74, 6) is -3.89. The highest BCUT2D eigenvalue weighted by atomic mass is 32.2. The number of phenols is 1. The maximum absolute atomic E-state index is 13.8. The lowest BCUT2D eigenvalue weighted by Crippen LogP contribution is -2.50. The van der Waals surface area contributed by atoms with Gasteiger partial charge in [0.2, 0.25) is 23.6 Å². The number of unbranched alkanes of at least 4 members (excludes halogenated alkanes) is 13. The summed E-state index contributed by atoms with van der Waals surface area (Å²) in [7, 11) is -1.88. The van der Waals surface area contributed by atoms with Crippen LogP contribution in [0.25, 0.3) is 0 Å². The van der Waals surface area contributed by atoms with Crippen LogP contribution < -0.4 is 43.8 Å². The van der Waals surface area contributed by atoms with Gasteiger partial charge in [-0.1, -0.05) is 101 Å². The molecule has 1 aromatic heterocycles. The summed E-state index contributed by atoms with van der Waals surface area (Å²) < 4.78 is 68.9. The van der Waals surface area contributed by atoms with Crippen molar-refractivity contribution in [2.24, 2.45) is 34.0 Å². The largest absolute Gasteiger partial charge is 0.508 e. The van der Waals surface area contributed by atoms with E-state index in [0.29, 0.717) is 122 Å². The fourth-order valence-corrected chi connectivity index (χ4v) is 12.5. The molecule has 106 heavy (non-hydrogen) atoms. The first-order valence-electron chi connectivity index (χ1n) is 37.9. The van der Waals surface area contributed by atoms with Crippen molar-refractivity contribution in [3.8, 4) is 5.75 Å². The normalized spacial score (nSPS) is 12.6. The molecule has 0 fully saturated rings. The van der Waals surface area contributed by atoms with E-state index < -0.39 is 51.3 Å². The van der Waals surface area contributed by atoms with Gasteiger partial charge < -0.3 is 86.8 Å². The topological polar surface area (TPSA) is 470 Å². The minimum Gasteiger partial charge on any atom is -0.508 e. The van der Waals surface area contributed by atoms with E-state index in [0.717, 1.165) is 37.9 Å². The van der Waals surface area contributed by atoms with Crippen LogP contribution in [0.5, 0.6) is 5.75 Å². The van der Waals surface area contributed by atoms with Gasteiger partial charge in [0.1, 0.15) is 48.9 Å². The number of amides is 4. The molecule has 2 aromatic rings. The number of aromatic nitrogens is 4. The number of guanidine groups is 1. The average Bonchev–Trinajstić information content (AvgIpc) is 0.968. The lowest BCUT2D eigenvalue weighted by Gasteiger charge is -2.27. The first-order valence-corrected chi connectivity index (χ1v) is 39.7. The summed E-state index contributed by atoms with van der Waals surface area (Å²) in [5, 5.41) is 38.0. The number of nitrogens with zero attached hydrogens (tertiary/aromatic N) is 4. The Hall–Kier alpha value is -6.95. The van der Waals surface area contributed by atoms with E-state index in [1.807, 2.05) is 0 Å². The van der Waals surface area contributed by atoms with Gasteiger partial charge in [-0.3, -0.25) is 43.3 Å². The van der Waals surface area contributed by atoms with E-state index in [1.165, 1.54) is 63.5 Å². The van der Waals surface area contributed by atoms with Crippen molar-refractivity contribution in [1.29, 1.82) is 0 Å². The van der Waals surface area contributed by atoms with Crippen molar-refractivity contribution >= 4 is 62.6 Å². The van der Waals surface area contributed by atoms with Crippen LogP contribution in [0.15, 0.2) is 41.5 Å². The molecule has 1 heterocycles. The number of primary amides is 1. The summed E-state index contributed by atoms with van der Waals surface area (Å²) in [6, 6.07) is 4.52. The Morgan fingerprint density at radius 2 is 1.06 bits per heavy atom. The summed E-state index contributed by atoms with van der Waals surface area (Å²) >= 11 is 0. The Balaban J connectivity index is 1.33. The number of carbonyl (C=O) groups is 8. The van der Waals surface area contributed by atoms with Crippen LogP contribution in [0.1, 0.15) is 179 Å². The zero-order valence-electron chi connectivity index (χ0n) is 63.2. The average molecular weight is 1520 g/mol. The van der Waals surface area contributed by atoms with E-state index in [9.17, 15) is 51.9 Å². The molecule has 33 heteroatoms. The number of benzene rings is 1. The van der Waals surface area contributed by atoms with Crippen molar-refractivity contribution in [3.63, 3.8) is 0 Å². The van der Waals surface area contributed by atoms with Crippen LogP contribution in [0, 0.1) is 11.8 Å². The number of aliphatic imine (C=N–C) groups is 1. The molecule has 32 nitrogen and oxygen atoms in total. The standard InChI is InChI=1S/C73H127N13O19S/c1-57(52-102-46-42-98-38-20-24-60(87)26-22-50-106(96,97)56-63(90)23-15-13-11-9-7-5-4-6-8-10-12-14-16-29-67-83-85-86-84-67)78-36-40-100-44-47-103-53-62(89)25-21-39-99-43-48-104-55-69(92)80-37-41-101-45-49-105-54-68(91)79-34-18-17-28-65(77-3)70(93)58(2)64(27-19-35-81-73(75)76)72(95)82-66(71(74)94)51-59-30-32-61(88)33-31-59/h30-33,58,64-66,77-78,88H,1,4-29,34-56H2,2-3H3,(H2,74,94)(H,79,91)(H,80,92)(H,82,95)(H4,75,76,81)(H,83,84,85,86)/t58?,64-,65?,66+/m1/s1. The van der Waals surface area contributed by atoms with Gasteiger partial charge in [0.15, 0.2) is 33.2 Å². The number of likely N-dealkylation sites (N-methyl/N-ethyl adjacent to an activating group) is 1. The quantitative estimate of drug-likeness (QED) is 0.0256. The maximum Gasteiger partial charge on any atom is 0.246 e. The van der Waals surface area contributed by atoms with E-state index in [2.05, 4.69) is 58.8 Å². The number of hydrogen-bond donors (Lipinski definition) is 10. The van der Waals surface area contributed by atoms with Gasteiger partial charge in [-0.15, -0.1) is 10.2 Å². The van der Waals surface area contributed by atoms with Gasteiger partial charge >= 0.3 is 0 Å². The molecule has 604 valence electrons. The lowest BCUT2D eigenvalue weighted by molar-refractivity contribution is -0.136. The Kier molecular flexibility index (Phi) is 56.6. The first kappa shape index (κ1) is 95.1. The van der Waals surface area contributed by atoms with E-state index >= 15 is 0 Å². The molecule has 2 unspecified atom stereocenters. The number of carbonyl (C=O) groups excluding carboxylic acids is 8. The molecule has 4 atom stereocenters. The van der Waals surface area contributed by atoms with Crippen LogP contribution in [-0.2, 0) is 98.9 Å². The van der Waals surface area contributed by atoms with Gasteiger partial charge in [-0.05, 0) is 89.0 Å². The zero-order valence-corrected chi connectivity index (χ0v) is 64.0. The second kappa shape index (κ2) is 63.0. The van der Waals surface area contributed by atoms with Crippen molar-refractivity contribution in [2.75, 3.05) is 150 Å². The number of tetrazole rings is 1. The molecule has 0 saturated heterocycles. The zero-order chi connectivity index (χ0) is 77.5. The first-order chi connectivity index (χ1) is 51.2. The van der Waals surface area contributed by atoms with Crippen molar-refractivity contribution in [1.82, 2.24) is 47.2 Å². The fraction of sp³-hybridized carbons (Fsp3) is 0.753. The summed E-state index contributed by atoms with van der Waals surface area (Å²) in [4.78, 5) is 105. The number of nitrogens with two attached hydrogens (primary N) is 3. The number of aromatic amines is 1. The third-order valence-corrected chi connectivity index (χ3v) is 18.7. The minimum atomic E-state index is -3.54. The number of hydrogen-bond acceptors (Lipinski definition) is 25. The number of ether oxygens (including phenoxy) is 8. The van der Waals surface area contributed by atoms with Crippen molar-refractivity contribution < 1.29 is 89.8 Å². The van der Waals surface area contributed by atoms with Crippen LogP contribution in [-0.4, -0.2) is 249 Å². The molecule has 0 radical (unpaired) electrons. The number of phenolic OH excluding ortho intramolecular Hbond substituents is 1. The fourth-order valence-electron chi connectivity index (χ4n) is 11.1. The second-order valence-electron chi connectivity index (χ2n) is 26.3. The maximum atomic E-state index is 13.8. The predicted molar refractivity (Wildman–Crippen MR) is 401 cm³/mol. The molecule has 1 aromatic carbocycles. The Bertz CT molecular complexity index is 2860. The van der Waals surface area contributed by atoms with Crippen LogP contribution in [0.3, 0.4) is 0 Å². The molecule has 0 spiro atoms. The SMILES string of the molecule is C=C(COCCOCCCC(=O)CCCS(=O)(=O)CC(=O)CCCCCCCCCCCCCCCc1nn[nH]n1)NCCOCCOCC(=O)CCCOCCOCC(=O)NCCOCCOCC(=O)NCCCCC(NC)C(=O)C(C)[C@@H](CCCN=C(N)N)C(=O)N[C@@H](Cc1ccc(O)cc1)C(N)=O. The number of aryl methyl sites for hydroxylation is 1. The molecular formula is C73H127N13O19S. The molecule has 4 amide bonds. The summed E-state index contributed by atoms with van der Waals surface area (Å²) in [6.07, 6.45) is 20.3. The van der Waals surface area contributed by atoms with Gasteiger partial charge in [0, 0.05) is 95.5 Å². The van der Waals surface area contributed by atoms with Crippen molar-refractivity contribution in [2.45, 2.75) is 192 Å². The van der Waals surface area contributed by atoms with Gasteiger partial charge in [-0.25, -0.2) is 8.42 Å². The molecule has 2 rings (SSSR count). The predicted octanol–water partition coefficient (Wildman–Crippen LogP) is 3.69. The molecule has 13 N–H and O–H groups in total. The third-order valence-electron chi connectivity index (χ3n) is 17.0. The third kappa shape index (κ3) is 53.8. The van der Waals surface area contributed by atoms with E-state index in [4.69, 9.17) is 55.1 Å². The molecule has 0 saturated carbocycles. The summed E-state index contributed by atoms with van der Waals surface area (Å²) in [6.45, 7) is 10.3. The lowest BCUT2D eigenvalue weighted by atomic mass is 9.82. The number of nitrogens with one attached hydrogen (secondary N) is 6. The number of aromatic hydroxyl groups is 1. The Morgan fingerprint density at radius 1 is 0.547 bits per heavy atom. The van der Waals surface area contributed by atoms with Crippen LogP contribution in [0.4, 0.5) is 0 Å². The molecule has 0 aliphatic heterocycles. The number of rotatable bonds is 75. The Morgan fingerprint density at radius 3 is 1.62 bits per heavy atom. The van der Waals surface area contributed by atoms with Gasteiger partial charge in [0.05, 0.1) is 84.5 Å². The minimum absolute atomic E-state index is 0.0288. The number of sulfone groups is 1. The van der Waals surface area contributed by atoms with E-state index in [-0.39, 0.29) is 164 Å². The second-order valence-corrected chi connectivity index (χ2v) is 28.4. The molecule has 0 bridgehead atoms. The van der Waals surface area contributed by atoms with Crippen LogP contribution >= 0.6 is 0 Å². The van der Waals surface area contributed by atoms with Crippen molar-refractivity contribution in [3.05, 3.63) is 47.9 Å². The van der Waals surface area contributed by atoms with Gasteiger partial charge in [-0.2, -0.15) is 5.21 Å². The highest BCUT2D eigenvalue weighted by Gasteiger charge is 2.35. The Labute approximate surface area is 627 Å². The van der Waals surface area contributed by atoms with E-state index in [1.54, 1.807) is 26.1 Å². The molecule has 0 aliphatic rings. The number of Topliss-reactive ketones (excluding diaryl/α,β-unsaturated/α-hetero) is 4. The van der Waals surface area contributed by atoms with Gasteiger partial charge in [0.25, 0.3) is 0 Å². The number of ketones is 4. The number of H-pyrrole nitrogens is 1. The monoisotopic (exact) mass is 1520 g/mol. The summed E-state index contributed by atoms with van der Waals surface area (Å²) in [5.41, 5.74) is 17.9. The molecule has 0 aliphatic carbocycles. The molecular weight excluding hydrogens is 1390 g/mol. The highest BCUT2D eigenvalue weighted by molar-refractivity contribution is 7.92. The van der Waals surface area contributed by atoms with Crippen LogP contribution in [0.2, 0.25) is 0 Å².